The van der Waals surface area contributed by atoms with Gasteiger partial charge in [-0.15, -0.1) is 11.3 Å². The average Bonchev–Trinajstić information content (AvgIpc) is 3.06. The number of rotatable bonds is 4. The Balaban J connectivity index is 1.86. The fraction of sp³-hybridized carbons (Fsp3) is 0.235. The summed E-state index contributed by atoms with van der Waals surface area (Å²) < 4.78 is 0. The van der Waals surface area contributed by atoms with E-state index in [1.165, 1.54) is 18.3 Å². The van der Waals surface area contributed by atoms with Crippen molar-refractivity contribution in [3.05, 3.63) is 45.8 Å². The van der Waals surface area contributed by atoms with Crippen molar-refractivity contribution in [1.29, 1.82) is 0 Å². The molecule has 0 aliphatic heterocycles. The second-order valence-corrected chi connectivity index (χ2v) is 6.69. The lowest BCUT2D eigenvalue weighted by atomic mass is 10.1. The summed E-state index contributed by atoms with van der Waals surface area (Å²) in [5, 5.41) is 15.1. The number of aromatic carboxylic acids is 1. The molecule has 0 atom stereocenters. The Labute approximate surface area is 142 Å². The van der Waals surface area contributed by atoms with Crippen LogP contribution in [0.4, 0.5) is 10.7 Å². The molecule has 6 nitrogen and oxygen atoms in total. The van der Waals surface area contributed by atoms with Crippen LogP contribution in [0.25, 0.3) is 0 Å². The second kappa shape index (κ2) is 6.45. The number of carbonyl (C=O) groups is 3. The molecule has 3 N–H and O–H groups in total. The molecule has 1 aromatic carbocycles. The number of thiophene rings is 1. The zero-order chi connectivity index (χ0) is 17.3. The van der Waals surface area contributed by atoms with Gasteiger partial charge >= 0.3 is 5.97 Å². The largest absolute Gasteiger partial charge is 0.478 e. The summed E-state index contributed by atoms with van der Waals surface area (Å²) in [7, 11) is 0. The first-order chi connectivity index (χ1) is 11.5. The predicted molar refractivity (Wildman–Crippen MR) is 92.0 cm³/mol. The molecule has 0 fully saturated rings. The Morgan fingerprint density at radius 3 is 2.67 bits per heavy atom. The highest BCUT2D eigenvalue weighted by Crippen LogP contribution is 2.39. The Morgan fingerprint density at radius 1 is 1.17 bits per heavy atom. The van der Waals surface area contributed by atoms with E-state index in [-0.39, 0.29) is 11.5 Å². The van der Waals surface area contributed by atoms with Crippen LogP contribution in [0.15, 0.2) is 24.3 Å². The van der Waals surface area contributed by atoms with Crippen molar-refractivity contribution in [1.82, 2.24) is 0 Å². The lowest BCUT2D eigenvalue weighted by Gasteiger charge is -2.07. The SMILES string of the molecule is CC(=O)Nc1cccc(C(=O)Nc2sc3c(c2C(=O)O)CCC3)c1. The normalized spacial score (nSPS) is 12.5. The molecule has 1 aromatic heterocycles. The summed E-state index contributed by atoms with van der Waals surface area (Å²) >= 11 is 1.33. The van der Waals surface area contributed by atoms with E-state index in [4.69, 9.17) is 0 Å². The third kappa shape index (κ3) is 3.16. The number of hydrogen-bond donors (Lipinski definition) is 3. The van der Waals surface area contributed by atoms with E-state index < -0.39 is 11.9 Å². The molecule has 2 aromatic rings. The van der Waals surface area contributed by atoms with Gasteiger partial charge in [-0.05, 0) is 43.0 Å². The monoisotopic (exact) mass is 344 g/mol. The van der Waals surface area contributed by atoms with Crippen molar-refractivity contribution in [3.63, 3.8) is 0 Å². The minimum absolute atomic E-state index is 0.207. The zero-order valence-electron chi connectivity index (χ0n) is 13.0. The van der Waals surface area contributed by atoms with Crippen LogP contribution >= 0.6 is 11.3 Å². The number of carboxylic acid groups (broad SMARTS) is 1. The molecular weight excluding hydrogens is 328 g/mol. The van der Waals surface area contributed by atoms with Crippen LogP contribution in [0.1, 0.15) is 44.5 Å². The maximum absolute atomic E-state index is 12.4. The summed E-state index contributed by atoms with van der Waals surface area (Å²) in [6.45, 7) is 1.39. The minimum Gasteiger partial charge on any atom is -0.478 e. The van der Waals surface area contributed by atoms with Gasteiger partial charge in [-0.3, -0.25) is 9.59 Å². The van der Waals surface area contributed by atoms with Gasteiger partial charge in [0.1, 0.15) is 5.00 Å². The van der Waals surface area contributed by atoms with Gasteiger partial charge < -0.3 is 15.7 Å². The van der Waals surface area contributed by atoms with Crippen LogP contribution in [0.2, 0.25) is 0 Å². The Hall–Kier alpha value is -2.67. The van der Waals surface area contributed by atoms with Crippen LogP contribution in [0.5, 0.6) is 0 Å². The molecule has 124 valence electrons. The fourth-order valence-electron chi connectivity index (χ4n) is 2.84. The van der Waals surface area contributed by atoms with Gasteiger partial charge in [0.2, 0.25) is 5.91 Å². The van der Waals surface area contributed by atoms with E-state index in [9.17, 15) is 19.5 Å². The number of fused-ring (bicyclic) bond motifs is 1. The molecule has 0 saturated heterocycles. The highest BCUT2D eigenvalue weighted by Gasteiger charge is 2.27. The van der Waals surface area contributed by atoms with Crippen LogP contribution in [-0.4, -0.2) is 22.9 Å². The summed E-state index contributed by atoms with van der Waals surface area (Å²) in [5.74, 6) is -1.64. The molecule has 24 heavy (non-hydrogen) atoms. The van der Waals surface area contributed by atoms with Crippen molar-refractivity contribution in [2.75, 3.05) is 10.6 Å². The van der Waals surface area contributed by atoms with Crippen LogP contribution in [0.3, 0.4) is 0 Å². The number of carboxylic acids is 1. The van der Waals surface area contributed by atoms with Crippen molar-refractivity contribution < 1.29 is 19.5 Å². The number of anilines is 2. The van der Waals surface area contributed by atoms with Crippen molar-refractivity contribution in [2.24, 2.45) is 0 Å². The molecule has 0 bridgehead atoms. The van der Waals surface area contributed by atoms with Crippen molar-refractivity contribution >= 4 is 39.8 Å². The van der Waals surface area contributed by atoms with Crippen molar-refractivity contribution in [2.45, 2.75) is 26.2 Å². The van der Waals surface area contributed by atoms with Gasteiger partial charge in [-0.25, -0.2) is 4.79 Å². The quantitative estimate of drug-likeness (QED) is 0.794. The second-order valence-electron chi connectivity index (χ2n) is 5.58. The molecular formula is C17H16N2O4S. The third-order valence-electron chi connectivity index (χ3n) is 3.81. The third-order valence-corrected chi connectivity index (χ3v) is 5.01. The van der Waals surface area contributed by atoms with Crippen LogP contribution < -0.4 is 10.6 Å². The summed E-state index contributed by atoms with van der Waals surface area (Å²) in [6, 6.07) is 6.51. The van der Waals surface area contributed by atoms with E-state index in [1.807, 2.05) is 0 Å². The topological polar surface area (TPSA) is 95.5 Å². The van der Waals surface area contributed by atoms with E-state index >= 15 is 0 Å². The van der Waals surface area contributed by atoms with E-state index in [0.717, 1.165) is 29.7 Å². The van der Waals surface area contributed by atoms with E-state index in [0.29, 0.717) is 16.3 Å². The predicted octanol–water partition coefficient (Wildman–Crippen LogP) is 3.15. The lowest BCUT2D eigenvalue weighted by Crippen LogP contribution is -2.14. The molecule has 0 saturated carbocycles. The minimum atomic E-state index is -1.02. The molecule has 3 rings (SSSR count). The number of hydrogen-bond acceptors (Lipinski definition) is 4. The van der Waals surface area contributed by atoms with E-state index in [1.54, 1.807) is 24.3 Å². The van der Waals surface area contributed by atoms with Gasteiger partial charge in [-0.2, -0.15) is 0 Å². The summed E-state index contributed by atoms with van der Waals surface area (Å²) in [6.07, 6.45) is 2.55. The molecule has 2 amide bonds. The van der Waals surface area contributed by atoms with Crippen LogP contribution in [0, 0.1) is 0 Å². The van der Waals surface area contributed by atoms with Gasteiger partial charge in [-0.1, -0.05) is 6.07 Å². The molecule has 7 heteroatoms. The molecule has 0 spiro atoms. The van der Waals surface area contributed by atoms with Crippen molar-refractivity contribution in [3.8, 4) is 0 Å². The Bertz CT molecular complexity index is 841. The maximum atomic E-state index is 12.4. The first-order valence-corrected chi connectivity index (χ1v) is 8.34. The van der Waals surface area contributed by atoms with Gasteiger partial charge in [0.05, 0.1) is 5.56 Å². The standard InChI is InChI=1S/C17H16N2O4S/c1-9(20)18-11-5-2-4-10(8-11)15(21)19-16-14(17(22)23)12-6-3-7-13(12)24-16/h2,4-5,8H,3,6-7H2,1H3,(H,18,20)(H,19,21)(H,22,23). The van der Waals surface area contributed by atoms with E-state index in [2.05, 4.69) is 10.6 Å². The molecule has 1 aliphatic rings. The number of aryl methyl sites for hydroxylation is 1. The zero-order valence-corrected chi connectivity index (χ0v) is 13.8. The maximum Gasteiger partial charge on any atom is 0.339 e. The lowest BCUT2D eigenvalue weighted by molar-refractivity contribution is -0.114. The molecule has 0 radical (unpaired) electrons. The Kier molecular flexibility index (Phi) is 4.35. The highest BCUT2D eigenvalue weighted by molar-refractivity contribution is 7.17. The number of amides is 2. The van der Waals surface area contributed by atoms with Gasteiger partial charge in [0.15, 0.2) is 0 Å². The molecule has 0 unspecified atom stereocenters. The van der Waals surface area contributed by atoms with Gasteiger partial charge in [0, 0.05) is 23.1 Å². The van der Waals surface area contributed by atoms with Crippen LogP contribution in [-0.2, 0) is 17.6 Å². The number of benzene rings is 1. The Morgan fingerprint density at radius 2 is 1.96 bits per heavy atom. The molecule has 1 aliphatic carbocycles. The van der Waals surface area contributed by atoms with Gasteiger partial charge in [0.25, 0.3) is 5.91 Å². The first-order valence-electron chi connectivity index (χ1n) is 7.52. The molecule has 1 heterocycles. The fourth-order valence-corrected chi connectivity index (χ4v) is 4.11. The summed E-state index contributed by atoms with van der Waals surface area (Å²) in [4.78, 5) is 36.1. The smallest absolute Gasteiger partial charge is 0.339 e. The first kappa shape index (κ1) is 16.2. The highest BCUT2D eigenvalue weighted by atomic mass is 32.1. The average molecular weight is 344 g/mol. The summed E-state index contributed by atoms with van der Waals surface area (Å²) in [5.41, 5.74) is 1.92. The number of nitrogens with one attached hydrogen (secondary N) is 2. The number of carbonyl (C=O) groups excluding carboxylic acids is 2.